The first-order valence-corrected chi connectivity index (χ1v) is 6.74. The molecule has 0 aromatic heterocycles. The summed E-state index contributed by atoms with van der Waals surface area (Å²) in [5.41, 5.74) is -1.55. The lowest BCUT2D eigenvalue weighted by molar-refractivity contribution is -0.140. The lowest BCUT2D eigenvalue weighted by Gasteiger charge is -2.10. The summed E-state index contributed by atoms with van der Waals surface area (Å²) in [6.45, 7) is 0. The average Bonchev–Trinajstić information content (AvgIpc) is 2.39. The van der Waals surface area contributed by atoms with E-state index in [-0.39, 0.29) is 16.1 Å². The molecular formula is C14H6BrClF4O. The Bertz CT molecular complexity index is 713. The van der Waals surface area contributed by atoms with Crippen molar-refractivity contribution in [2.24, 2.45) is 0 Å². The quantitative estimate of drug-likeness (QED) is 0.496. The Labute approximate surface area is 130 Å². The van der Waals surface area contributed by atoms with Gasteiger partial charge in [0.25, 0.3) is 0 Å². The van der Waals surface area contributed by atoms with Crippen molar-refractivity contribution in [1.82, 2.24) is 0 Å². The predicted molar refractivity (Wildman–Crippen MR) is 74.0 cm³/mol. The highest BCUT2D eigenvalue weighted by Crippen LogP contribution is 2.33. The molecule has 2 aromatic rings. The van der Waals surface area contributed by atoms with Crippen molar-refractivity contribution in [2.45, 2.75) is 6.18 Å². The van der Waals surface area contributed by atoms with Crippen molar-refractivity contribution in [3.8, 4) is 0 Å². The standard InChI is InChI=1S/C14H6BrClF4O/c15-10-3-1-2-8(12(10)16)13(21)7-4-5-9(11(17)6-7)14(18,19)20/h1-6H. The Kier molecular flexibility index (Phi) is 4.39. The van der Waals surface area contributed by atoms with Crippen molar-refractivity contribution in [3.05, 3.63) is 68.4 Å². The molecule has 0 radical (unpaired) electrons. The molecule has 2 aromatic carbocycles. The first-order chi connectivity index (χ1) is 9.71. The van der Waals surface area contributed by atoms with E-state index in [1.165, 1.54) is 6.07 Å². The molecule has 0 aliphatic rings. The van der Waals surface area contributed by atoms with Crippen LogP contribution in [0.25, 0.3) is 0 Å². The Morgan fingerprint density at radius 2 is 1.81 bits per heavy atom. The van der Waals surface area contributed by atoms with Gasteiger partial charge in [-0.3, -0.25) is 4.79 Å². The summed E-state index contributed by atoms with van der Waals surface area (Å²) in [4.78, 5) is 12.2. The number of hydrogen-bond acceptors (Lipinski definition) is 1. The second-order valence-corrected chi connectivity index (χ2v) is 5.36. The minimum atomic E-state index is -4.81. The molecule has 0 unspecified atom stereocenters. The normalized spacial score (nSPS) is 11.5. The van der Waals surface area contributed by atoms with Crippen LogP contribution in [0.2, 0.25) is 5.02 Å². The third-order valence-corrected chi connectivity index (χ3v) is 4.03. The van der Waals surface area contributed by atoms with Crippen LogP contribution in [0.4, 0.5) is 17.6 Å². The van der Waals surface area contributed by atoms with Gasteiger partial charge in [0.05, 0.1) is 10.6 Å². The van der Waals surface area contributed by atoms with Gasteiger partial charge in [0.15, 0.2) is 5.78 Å². The SMILES string of the molecule is O=C(c1ccc(C(F)(F)F)c(F)c1)c1cccc(Br)c1Cl. The van der Waals surface area contributed by atoms with Gasteiger partial charge >= 0.3 is 6.18 Å². The van der Waals surface area contributed by atoms with Crippen molar-refractivity contribution in [3.63, 3.8) is 0 Å². The van der Waals surface area contributed by atoms with Crippen LogP contribution in [-0.4, -0.2) is 5.78 Å². The van der Waals surface area contributed by atoms with E-state index >= 15 is 0 Å². The summed E-state index contributed by atoms with van der Waals surface area (Å²) < 4.78 is 51.4. The van der Waals surface area contributed by atoms with E-state index < -0.39 is 23.3 Å². The Balaban J connectivity index is 2.46. The molecule has 0 heterocycles. The van der Waals surface area contributed by atoms with Gasteiger partial charge in [0.1, 0.15) is 5.82 Å². The van der Waals surface area contributed by atoms with Crippen molar-refractivity contribution in [2.75, 3.05) is 0 Å². The summed E-state index contributed by atoms with van der Waals surface area (Å²) >= 11 is 9.07. The van der Waals surface area contributed by atoms with Gasteiger partial charge in [-0.1, -0.05) is 23.7 Å². The zero-order valence-corrected chi connectivity index (χ0v) is 12.5. The molecule has 0 fully saturated rings. The van der Waals surface area contributed by atoms with Crippen LogP contribution < -0.4 is 0 Å². The zero-order chi connectivity index (χ0) is 15.8. The van der Waals surface area contributed by atoms with Crippen LogP contribution in [0.1, 0.15) is 21.5 Å². The number of halogens is 6. The second kappa shape index (κ2) is 5.77. The highest BCUT2D eigenvalue weighted by molar-refractivity contribution is 9.10. The van der Waals surface area contributed by atoms with E-state index in [1.807, 2.05) is 0 Å². The van der Waals surface area contributed by atoms with E-state index in [2.05, 4.69) is 15.9 Å². The number of ketones is 1. The molecule has 21 heavy (non-hydrogen) atoms. The Morgan fingerprint density at radius 3 is 2.38 bits per heavy atom. The molecule has 2 rings (SSSR count). The van der Waals surface area contributed by atoms with E-state index in [4.69, 9.17) is 11.6 Å². The van der Waals surface area contributed by atoms with Gasteiger partial charge in [-0.2, -0.15) is 13.2 Å². The van der Waals surface area contributed by atoms with Gasteiger partial charge in [0.2, 0.25) is 0 Å². The molecule has 0 atom stereocenters. The molecule has 0 amide bonds. The van der Waals surface area contributed by atoms with Crippen molar-refractivity contribution < 1.29 is 22.4 Å². The molecular weight excluding hydrogens is 376 g/mol. The number of carbonyl (C=O) groups excluding carboxylic acids is 1. The number of benzene rings is 2. The van der Waals surface area contributed by atoms with Gasteiger partial charge in [-0.05, 0) is 40.2 Å². The first-order valence-electron chi connectivity index (χ1n) is 5.57. The van der Waals surface area contributed by atoms with Gasteiger partial charge in [0, 0.05) is 15.6 Å². The topological polar surface area (TPSA) is 17.1 Å². The molecule has 7 heteroatoms. The van der Waals surface area contributed by atoms with E-state index in [9.17, 15) is 22.4 Å². The number of alkyl halides is 3. The van der Waals surface area contributed by atoms with E-state index in [0.29, 0.717) is 16.6 Å². The van der Waals surface area contributed by atoms with E-state index in [0.717, 1.165) is 6.07 Å². The van der Waals surface area contributed by atoms with Crippen molar-refractivity contribution in [1.29, 1.82) is 0 Å². The van der Waals surface area contributed by atoms with Gasteiger partial charge in [-0.15, -0.1) is 0 Å². The Hall–Kier alpha value is -1.40. The molecule has 0 spiro atoms. The molecule has 0 N–H and O–H groups in total. The smallest absolute Gasteiger partial charge is 0.289 e. The fraction of sp³-hybridized carbons (Fsp3) is 0.0714. The summed E-state index contributed by atoms with van der Waals surface area (Å²) in [6.07, 6.45) is -4.81. The predicted octanol–water partition coefficient (Wildman–Crippen LogP) is 5.49. The minimum Gasteiger partial charge on any atom is -0.289 e. The fourth-order valence-electron chi connectivity index (χ4n) is 1.72. The second-order valence-electron chi connectivity index (χ2n) is 4.12. The van der Waals surface area contributed by atoms with Crippen LogP contribution in [0.5, 0.6) is 0 Å². The molecule has 0 saturated carbocycles. The fourth-order valence-corrected chi connectivity index (χ4v) is 2.30. The summed E-state index contributed by atoms with van der Waals surface area (Å²) in [7, 11) is 0. The van der Waals surface area contributed by atoms with E-state index in [1.54, 1.807) is 12.1 Å². The molecule has 110 valence electrons. The lowest BCUT2D eigenvalue weighted by atomic mass is 10.0. The summed E-state index contributed by atoms with van der Waals surface area (Å²) in [5, 5.41) is 0.114. The molecule has 0 saturated heterocycles. The maximum Gasteiger partial charge on any atom is 0.419 e. The lowest BCUT2D eigenvalue weighted by Crippen LogP contribution is -2.10. The third-order valence-electron chi connectivity index (χ3n) is 2.73. The highest BCUT2D eigenvalue weighted by Gasteiger charge is 2.34. The zero-order valence-electron chi connectivity index (χ0n) is 10.1. The molecule has 0 bridgehead atoms. The number of hydrogen-bond donors (Lipinski definition) is 0. The van der Waals surface area contributed by atoms with Crippen LogP contribution in [-0.2, 0) is 6.18 Å². The van der Waals surface area contributed by atoms with Gasteiger partial charge in [-0.25, -0.2) is 4.39 Å². The molecule has 0 aliphatic heterocycles. The molecule has 0 aliphatic carbocycles. The Morgan fingerprint density at radius 1 is 1.14 bits per heavy atom. The molecule has 1 nitrogen and oxygen atoms in total. The maximum absolute atomic E-state index is 13.5. The number of carbonyl (C=O) groups is 1. The monoisotopic (exact) mass is 380 g/mol. The summed E-state index contributed by atoms with van der Waals surface area (Å²) in [6, 6.07) is 6.57. The first kappa shape index (κ1) is 16.0. The highest BCUT2D eigenvalue weighted by atomic mass is 79.9. The van der Waals surface area contributed by atoms with Crippen LogP contribution >= 0.6 is 27.5 Å². The number of rotatable bonds is 2. The van der Waals surface area contributed by atoms with Crippen LogP contribution in [0.15, 0.2) is 40.9 Å². The van der Waals surface area contributed by atoms with Crippen LogP contribution in [0.3, 0.4) is 0 Å². The van der Waals surface area contributed by atoms with Crippen molar-refractivity contribution >= 4 is 33.3 Å². The third kappa shape index (κ3) is 3.27. The minimum absolute atomic E-state index is 0.0743. The van der Waals surface area contributed by atoms with Crippen LogP contribution in [0, 0.1) is 5.82 Å². The average molecular weight is 382 g/mol. The van der Waals surface area contributed by atoms with Gasteiger partial charge < -0.3 is 0 Å². The maximum atomic E-state index is 13.5. The largest absolute Gasteiger partial charge is 0.419 e. The summed E-state index contributed by atoms with van der Waals surface area (Å²) in [5.74, 6) is -2.16.